The molecule has 2 aromatic heterocycles. The lowest BCUT2D eigenvalue weighted by Gasteiger charge is -2.49. The van der Waals surface area contributed by atoms with E-state index in [1.54, 1.807) is 22.4 Å². The molecule has 1 amide bonds. The van der Waals surface area contributed by atoms with Gasteiger partial charge in [0.1, 0.15) is 15.6 Å². The number of carbonyl (C=O) groups is 1. The van der Waals surface area contributed by atoms with E-state index in [-0.39, 0.29) is 11.7 Å². The van der Waals surface area contributed by atoms with Crippen LogP contribution < -0.4 is 4.90 Å². The van der Waals surface area contributed by atoms with Crippen LogP contribution in [0.25, 0.3) is 5.00 Å². The minimum absolute atomic E-state index is 0.201. The van der Waals surface area contributed by atoms with Crippen LogP contribution in [0.4, 0.5) is 9.80 Å². The Labute approximate surface area is 138 Å². The number of rotatable bonds is 2. The molecule has 0 N–H and O–H groups in total. The third-order valence-electron chi connectivity index (χ3n) is 5.33. The lowest BCUT2D eigenvalue weighted by molar-refractivity contribution is -0.0881. The van der Waals surface area contributed by atoms with Gasteiger partial charge in [0.15, 0.2) is 0 Å². The molecule has 120 valence electrons. The van der Waals surface area contributed by atoms with E-state index in [0.717, 1.165) is 42.5 Å². The summed E-state index contributed by atoms with van der Waals surface area (Å²) in [5.74, 6) is 0.506. The Morgan fingerprint density at radius 2 is 2.04 bits per heavy atom. The van der Waals surface area contributed by atoms with Crippen LogP contribution in [-0.4, -0.2) is 52.6 Å². The first-order valence-corrected chi connectivity index (χ1v) is 8.88. The van der Waals surface area contributed by atoms with Gasteiger partial charge in [-0.25, -0.2) is 9.48 Å². The van der Waals surface area contributed by atoms with Crippen LogP contribution in [-0.2, 0) is 4.74 Å². The van der Waals surface area contributed by atoms with E-state index in [1.807, 2.05) is 29.1 Å². The summed E-state index contributed by atoms with van der Waals surface area (Å²) in [4.78, 5) is 16.7. The molecule has 1 atom stereocenters. The molecular formula is C16H18N4O2S. The summed E-state index contributed by atoms with van der Waals surface area (Å²) in [6.45, 7) is 3.85. The van der Waals surface area contributed by atoms with Crippen molar-refractivity contribution >= 4 is 22.4 Å². The molecule has 0 saturated carbocycles. The van der Waals surface area contributed by atoms with E-state index in [2.05, 4.69) is 10.00 Å². The Bertz CT molecular complexity index is 735. The van der Waals surface area contributed by atoms with Crippen molar-refractivity contribution in [1.29, 1.82) is 0 Å². The lowest BCUT2D eigenvalue weighted by atomic mass is 9.75. The van der Waals surface area contributed by atoms with Crippen LogP contribution in [0.1, 0.15) is 12.8 Å². The highest BCUT2D eigenvalue weighted by Gasteiger charge is 2.55. The van der Waals surface area contributed by atoms with Crippen molar-refractivity contribution in [2.45, 2.75) is 18.4 Å². The number of amides is 1. The summed E-state index contributed by atoms with van der Waals surface area (Å²) >= 11 is 1.57. The third-order valence-corrected chi connectivity index (χ3v) is 6.43. The van der Waals surface area contributed by atoms with Crippen molar-refractivity contribution in [2.75, 3.05) is 31.1 Å². The second kappa shape index (κ2) is 4.82. The molecule has 6 heterocycles. The maximum atomic E-state index is 12.5. The van der Waals surface area contributed by atoms with Crippen LogP contribution in [0, 0.1) is 5.92 Å². The lowest BCUT2D eigenvalue weighted by Crippen LogP contribution is -2.61. The van der Waals surface area contributed by atoms with Crippen molar-refractivity contribution in [3.05, 3.63) is 30.6 Å². The molecule has 6 nitrogen and oxygen atoms in total. The van der Waals surface area contributed by atoms with Gasteiger partial charge in [0, 0.05) is 24.9 Å². The molecule has 6 rings (SSSR count). The molecule has 0 aromatic carbocycles. The Morgan fingerprint density at radius 1 is 1.22 bits per heavy atom. The van der Waals surface area contributed by atoms with Crippen molar-refractivity contribution in [3.8, 4) is 5.00 Å². The van der Waals surface area contributed by atoms with Crippen molar-refractivity contribution in [3.63, 3.8) is 0 Å². The fourth-order valence-electron chi connectivity index (χ4n) is 4.17. The smallest absolute Gasteiger partial charge is 0.415 e. The molecule has 1 unspecified atom stereocenters. The first-order chi connectivity index (χ1) is 11.2. The summed E-state index contributed by atoms with van der Waals surface area (Å²) in [5.41, 5.74) is -0.302. The van der Waals surface area contributed by atoms with Gasteiger partial charge < -0.3 is 4.74 Å². The molecular weight excluding hydrogens is 312 g/mol. The predicted molar refractivity (Wildman–Crippen MR) is 87.2 cm³/mol. The number of nitrogens with zero attached hydrogens (tertiary/aromatic N) is 4. The number of thiophene rings is 1. The van der Waals surface area contributed by atoms with Gasteiger partial charge in [0.25, 0.3) is 0 Å². The summed E-state index contributed by atoms with van der Waals surface area (Å²) in [7, 11) is 0. The maximum absolute atomic E-state index is 12.5. The monoisotopic (exact) mass is 330 g/mol. The Kier molecular flexibility index (Phi) is 2.84. The fraction of sp³-hybridized carbons (Fsp3) is 0.500. The minimum Gasteiger partial charge on any atom is -0.439 e. The molecule has 23 heavy (non-hydrogen) atoms. The molecule has 7 heteroatoms. The number of hydrogen-bond acceptors (Lipinski definition) is 5. The predicted octanol–water partition coefficient (Wildman–Crippen LogP) is 2.35. The molecule has 4 aliphatic rings. The minimum atomic E-state index is -0.302. The van der Waals surface area contributed by atoms with E-state index >= 15 is 0 Å². The van der Waals surface area contributed by atoms with Crippen molar-refractivity contribution < 1.29 is 9.53 Å². The molecule has 0 aliphatic carbocycles. The zero-order valence-electron chi connectivity index (χ0n) is 12.7. The maximum Gasteiger partial charge on any atom is 0.415 e. The fourth-order valence-corrected chi connectivity index (χ4v) is 5.10. The molecule has 4 saturated heterocycles. The van der Waals surface area contributed by atoms with E-state index < -0.39 is 0 Å². The third kappa shape index (κ3) is 2.03. The van der Waals surface area contributed by atoms with Crippen LogP contribution in [0.15, 0.2) is 30.6 Å². The second-order valence-electron chi connectivity index (χ2n) is 6.63. The number of ether oxygens (including phenoxy) is 1. The molecule has 4 fully saturated rings. The Morgan fingerprint density at radius 3 is 2.74 bits per heavy atom. The first-order valence-electron chi connectivity index (χ1n) is 8.06. The topological polar surface area (TPSA) is 50.6 Å². The molecule has 4 aliphatic heterocycles. The van der Waals surface area contributed by atoms with E-state index in [4.69, 9.17) is 4.74 Å². The van der Waals surface area contributed by atoms with Crippen LogP contribution in [0.3, 0.4) is 0 Å². The standard InChI is InChI=1S/C16H18N4O2S/c21-15-19(13-2-3-14(23-13)20-7-1-6-17-20)11-16(22-15)10-18-8-4-12(16)5-9-18/h1-3,6-7,12H,4-5,8-11H2. The van der Waals surface area contributed by atoms with E-state index in [1.165, 1.54) is 0 Å². The highest BCUT2D eigenvalue weighted by Crippen LogP contribution is 2.44. The van der Waals surface area contributed by atoms with Gasteiger partial charge in [-0.05, 0) is 44.1 Å². The quantitative estimate of drug-likeness (QED) is 0.848. The average molecular weight is 330 g/mol. The first kappa shape index (κ1) is 13.6. The second-order valence-corrected chi connectivity index (χ2v) is 7.67. The van der Waals surface area contributed by atoms with Gasteiger partial charge in [-0.1, -0.05) is 11.3 Å². The average Bonchev–Trinajstić information content (AvgIpc) is 3.28. The molecule has 2 bridgehead atoms. The van der Waals surface area contributed by atoms with Crippen LogP contribution in [0.2, 0.25) is 0 Å². The molecule has 1 spiro atoms. The normalized spacial score (nSPS) is 32.7. The zero-order chi connectivity index (χ0) is 15.4. The van der Waals surface area contributed by atoms with E-state index in [0.29, 0.717) is 12.5 Å². The number of anilines is 1. The van der Waals surface area contributed by atoms with E-state index in [9.17, 15) is 4.79 Å². The van der Waals surface area contributed by atoms with Crippen LogP contribution >= 0.6 is 11.3 Å². The Balaban J connectivity index is 1.43. The summed E-state index contributed by atoms with van der Waals surface area (Å²) in [5, 5.41) is 6.19. The highest BCUT2D eigenvalue weighted by atomic mass is 32.1. The van der Waals surface area contributed by atoms with Gasteiger partial charge in [-0.2, -0.15) is 5.10 Å². The highest BCUT2D eigenvalue weighted by molar-refractivity contribution is 7.18. The van der Waals surface area contributed by atoms with Crippen molar-refractivity contribution in [1.82, 2.24) is 14.7 Å². The van der Waals surface area contributed by atoms with Gasteiger partial charge >= 0.3 is 6.09 Å². The van der Waals surface area contributed by atoms with Gasteiger partial charge in [0.2, 0.25) is 0 Å². The largest absolute Gasteiger partial charge is 0.439 e. The zero-order valence-corrected chi connectivity index (χ0v) is 13.5. The number of hydrogen-bond donors (Lipinski definition) is 0. The van der Waals surface area contributed by atoms with Gasteiger partial charge in [-0.15, -0.1) is 0 Å². The van der Waals surface area contributed by atoms with Crippen LogP contribution in [0.5, 0.6) is 0 Å². The summed E-state index contributed by atoms with van der Waals surface area (Å²) in [6, 6.07) is 5.89. The van der Waals surface area contributed by atoms with Crippen molar-refractivity contribution in [2.24, 2.45) is 5.92 Å². The number of fused-ring (bicyclic) bond motifs is 2. The number of piperidine rings is 3. The summed E-state index contributed by atoms with van der Waals surface area (Å²) in [6.07, 6.45) is 5.75. The number of carbonyl (C=O) groups excluding carboxylic acids is 1. The SMILES string of the molecule is O=C1OC2(CN3CCC2CC3)CN1c1ccc(-n2cccn2)s1. The van der Waals surface area contributed by atoms with Gasteiger partial charge in [-0.3, -0.25) is 9.80 Å². The summed E-state index contributed by atoms with van der Waals surface area (Å²) < 4.78 is 7.74. The van der Waals surface area contributed by atoms with Gasteiger partial charge in [0.05, 0.1) is 6.54 Å². The number of aromatic nitrogens is 2. The molecule has 0 radical (unpaired) electrons. The Hall–Kier alpha value is -1.86. The molecule has 2 aromatic rings.